The molecule has 0 amide bonds. The fourth-order valence-electron chi connectivity index (χ4n) is 2.81. The van der Waals surface area contributed by atoms with Crippen LogP contribution in [0.1, 0.15) is 74.7 Å². The van der Waals surface area contributed by atoms with Crippen LogP contribution in [0.5, 0.6) is 11.5 Å². The van der Waals surface area contributed by atoms with Crippen LogP contribution >= 0.6 is 0 Å². The molecular weight excluding hydrogens is 352 g/mol. The van der Waals surface area contributed by atoms with Crippen molar-refractivity contribution in [2.75, 3.05) is 0 Å². The van der Waals surface area contributed by atoms with Crippen LogP contribution in [0.3, 0.4) is 0 Å². The second kappa shape index (κ2) is 12.0. The van der Waals surface area contributed by atoms with E-state index in [0.29, 0.717) is 23.5 Å². The molecule has 0 aliphatic rings. The molecule has 0 bridgehead atoms. The molecule has 0 aliphatic carbocycles. The molecule has 4 heteroatoms. The number of aryl methyl sites for hydroxylation is 1. The highest BCUT2D eigenvalue weighted by atomic mass is 16.5. The number of carbonyl (C=O) groups excluding carboxylic acids is 2. The summed E-state index contributed by atoms with van der Waals surface area (Å²) in [6.45, 7) is 4.23. The maximum atomic E-state index is 12.3. The van der Waals surface area contributed by atoms with E-state index < -0.39 is 5.97 Å². The Morgan fingerprint density at radius 1 is 0.714 bits per heavy atom. The van der Waals surface area contributed by atoms with Gasteiger partial charge in [0.25, 0.3) is 0 Å². The molecule has 0 heterocycles. The summed E-state index contributed by atoms with van der Waals surface area (Å²) in [7, 11) is 0. The maximum absolute atomic E-state index is 12.3. The first kappa shape index (κ1) is 21.7. The first-order valence-corrected chi connectivity index (χ1v) is 10.2. The molecular formula is C24H30O4. The average molecular weight is 383 g/mol. The molecule has 0 aromatic heterocycles. The van der Waals surface area contributed by atoms with E-state index in [1.165, 1.54) is 31.2 Å². The average Bonchev–Trinajstić information content (AvgIpc) is 2.71. The topological polar surface area (TPSA) is 52.6 Å². The molecule has 0 spiro atoms. The Balaban J connectivity index is 1.84. The van der Waals surface area contributed by atoms with Crippen molar-refractivity contribution >= 4 is 11.9 Å². The van der Waals surface area contributed by atoms with Crippen molar-refractivity contribution in [1.29, 1.82) is 0 Å². The number of unbranched alkanes of at least 4 members (excludes halogenated alkanes) is 4. The normalized spacial score (nSPS) is 10.5. The third-order valence-corrected chi connectivity index (χ3v) is 4.51. The molecule has 0 N–H and O–H groups in total. The molecule has 2 rings (SSSR count). The summed E-state index contributed by atoms with van der Waals surface area (Å²) in [4.78, 5) is 23.9. The lowest BCUT2D eigenvalue weighted by Crippen LogP contribution is -2.10. The first-order chi connectivity index (χ1) is 13.6. The van der Waals surface area contributed by atoms with Gasteiger partial charge in [-0.05, 0) is 61.2 Å². The quantitative estimate of drug-likeness (QED) is 0.267. The third-order valence-electron chi connectivity index (χ3n) is 4.51. The summed E-state index contributed by atoms with van der Waals surface area (Å²) < 4.78 is 10.7. The van der Waals surface area contributed by atoms with Gasteiger partial charge in [0, 0.05) is 6.42 Å². The second-order valence-electron chi connectivity index (χ2n) is 6.95. The summed E-state index contributed by atoms with van der Waals surface area (Å²) in [6.07, 6.45) is 8.13. The fourth-order valence-corrected chi connectivity index (χ4v) is 2.81. The van der Waals surface area contributed by atoms with Crippen LogP contribution in [0.15, 0.2) is 48.5 Å². The van der Waals surface area contributed by atoms with Gasteiger partial charge in [0.15, 0.2) is 0 Å². The van der Waals surface area contributed by atoms with Crippen LogP contribution < -0.4 is 9.47 Å². The molecule has 4 nitrogen and oxygen atoms in total. The van der Waals surface area contributed by atoms with Crippen LogP contribution in [0.2, 0.25) is 0 Å². The van der Waals surface area contributed by atoms with Gasteiger partial charge >= 0.3 is 11.9 Å². The molecule has 0 fully saturated rings. The summed E-state index contributed by atoms with van der Waals surface area (Å²) in [6, 6.07) is 14.1. The largest absolute Gasteiger partial charge is 0.427 e. The third kappa shape index (κ3) is 7.55. The van der Waals surface area contributed by atoms with Gasteiger partial charge in [0.2, 0.25) is 0 Å². The number of hydrogen-bond acceptors (Lipinski definition) is 4. The number of benzene rings is 2. The van der Waals surface area contributed by atoms with Gasteiger partial charge in [-0.25, -0.2) is 4.79 Å². The van der Waals surface area contributed by atoms with Crippen LogP contribution in [0.4, 0.5) is 0 Å². The summed E-state index contributed by atoms with van der Waals surface area (Å²) >= 11 is 0. The molecule has 0 atom stereocenters. The SMILES string of the molecule is CCCCCCc1ccc(OC(=O)c2ccc(OC(=O)CCCC)cc2)cc1. The summed E-state index contributed by atoms with van der Waals surface area (Å²) in [5.41, 5.74) is 1.67. The highest BCUT2D eigenvalue weighted by Gasteiger charge is 2.10. The van der Waals surface area contributed by atoms with Gasteiger partial charge in [-0.2, -0.15) is 0 Å². The molecule has 0 saturated carbocycles. The van der Waals surface area contributed by atoms with Crippen molar-refractivity contribution in [2.45, 2.75) is 65.2 Å². The van der Waals surface area contributed by atoms with E-state index >= 15 is 0 Å². The number of rotatable bonds is 11. The molecule has 0 saturated heterocycles. The van der Waals surface area contributed by atoms with Gasteiger partial charge < -0.3 is 9.47 Å². The summed E-state index contributed by atoms with van der Waals surface area (Å²) in [5, 5.41) is 0. The van der Waals surface area contributed by atoms with Crippen molar-refractivity contribution < 1.29 is 19.1 Å². The standard InChI is InChI=1S/C24H30O4/c1-3-5-7-8-9-19-11-15-22(16-12-19)28-24(26)20-13-17-21(18-14-20)27-23(25)10-6-4-2/h11-18H,3-10H2,1-2H3. The van der Waals surface area contributed by atoms with Crippen molar-refractivity contribution in [2.24, 2.45) is 0 Å². The number of carbonyl (C=O) groups is 2. The van der Waals surface area contributed by atoms with Crippen LogP contribution in [0, 0.1) is 0 Å². The second-order valence-corrected chi connectivity index (χ2v) is 6.95. The number of esters is 2. The lowest BCUT2D eigenvalue weighted by Gasteiger charge is -2.07. The van der Waals surface area contributed by atoms with Gasteiger partial charge in [-0.3, -0.25) is 4.79 Å². The van der Waals surface area contributed by atoms with E-state index in [1.807, 2.05) is 31.2 Å². The Morgan fingerprint density at radius 2 is 1.32 bits per heavy atom. The molecule has 0 radical (unpaired) electrons. The van der Waals surface area contributed by atoms with Gasteiger partial charge in [0.1, 0.15) is 11.5 Å². The van der Waals surface area contributed by atoms with Crippen LogP contribution in [-0.2, 0) is 11.2 Å². The Bertz CT molecular complexity index is 732. The highest BCUT2D eigenvalue weighted by molar-refractivity contribution is 5.91. The fraction of sp³-hybridized carbons (Fsp3) is 0.417. The monoisotopic (exact) mass is 382 g/mol. The lowest BCUT2D eigenvalue weighted by molar-refractivity contribution is -0.134. The van der Waals surface area contributed by atoms with Crippen molar-refractivity contribution in [3.8, 4) is 11.5 Å². The Labute approximate surface area is 167 Å². The Hall–Kier alpha value is -2.62. The molecule has 2 aromatic carbocycles. The van der Waals surface area contributed by atoms with E-state index in [9.17, 15) is 9.59 Å². The van der Waals surface area contributed by atoms with Gasteiger partial charge in [0.05, 0.1) is 5.56 Å². The zero-order valence-electron chi connectivity index (χ0n) is 16.9. The van der Waals surface area contributed by atoms with Crippen molar-refractivity contribution in [3.05, 3.63) is 59.7 Å². The summed E-state index contributed by atoms with van der Waals surface area (Å²) in [5.74, 6) is 0.272. The van der Waals surface area contributed by atoms with Crippen molar-refractivity contribution in [3.63, 3.8) is 0 Å². The van der Waals surface area contributed by atoms with Gasteiger partial charge in [-0.15, -0.1) is 0 Å². The minimum atomic E-state index is -0.431. The smallest absolute Gasteiger partial charge is 0.343 e. The zero-order valence-corrected chi connectivity index (χ0v) is 16.9. The Kier molecular flexibility index (Phi) is 9.26. The highest BCUT2D eigenvalue weighted by Crippen LogP contribution is 2.18. The zero-order chi connectivity index (χ0) is 20.2. The molecule has 0 unspecified atom stereocenters. The van der Waals surface area contributed by atoms with Crippen LogP contribution in [-0.4, -0.2) is 11.9 Å². The maximum Gasteiger partial charge on any atom is 0.343 e. The van der Waals surface area contributed by atoms with E-state index in [-0.39, 0.29) is 5.97 Å². The number of hydrogen-bond donors (Lipinski definition) is 0. The van der Waals surface area contributed by atoms with Gasteiger partial charge in [-0.1, -0.05) is 51.7 Å². The predicted octanol–water partition coefficient (Wildman–Crippen LogP) is 6.12. The molecule has 0 aliphatic heterocycles. The van der Waals surface area contributed by atoms with E-state index in [1.54, 1.807) is 24.3 Å². The Morgan fingerprint density at radius 3 is 1.96 bits per heavy atom. The van der Waals surface area contributed by atoms with Crippen LogP contribution in [0.25, 0.3) is 0 Å². The number of ether oxygens (including phenoxy) is 2. The first-order valence-electron chi connectivity index (χ1n) is 10.2. The molecule has 150 valence electrons. The molecule has 2 aromatic rings. The van der Waals surface area contributed by atoms with Crippen molar-refractivity contribution in [1.82, 2.24) is 0 Å². The minimum absolute atomic E-state index is 0.257. The lowest BCUT2D eigenvalue weighted by atomic mass is 10.1. The van der Waals surface area contributed by atoms with E-state index in [4.69, 9.17) is 9.47 Å². The minimum Gasteiger partial charge on any atom is -0.427 e. The van der Waals surface area contributed by atoms with E-state index in [0.717, 1.165) is 19.3 Å². The van der Waals surface area contributed by atoms with E-state index in [2.05, 4.69) is 6.92 Å². The predicted molar refractivity (Wildman–Crippen MR) is 111 cm³/mol. The molecule has 28 heavy (non-hydrogen) atoms.